The van der Waals surface area contributed by atoms with Crippen LogP contribution in [0.25, 0.3) is 0 Å². The molecule has 21 heavy (non-hydrogen) atoms. The molecule has 0 aromatic heterocycles. The van der Waals surface area contributed by atoms with Crippen molar-refractivity contribution < 1.29 is 9.66 Å². The fraction of sp³-hybridized carbons (Fsp3) is 0.500. The van der Waals surface area contributed by atoms with Gasteiger partial charge in [-0.05, 0) is 19.4 Å². The quantitative estimate of drug-likeness (QED) is 0.250. The summed E-state index contributed by atoms with van der Waals surface area (Å²) in [7, 11) is 0. The van der Waals surface area contributed by atoms with Crippen molar-refractivity contribution in [3.05, 3.63) is 39.9 Å². The number of nitrogens with zero attached hydrogens (tertiary/aromatic N) is 2. The molecule has 0 aliphatic carbocycles. The van der Waals surface area contributed by atoms with E-state index in [-0.39, 0.29) is 5.69 Å². The highest BCUT2D eigenvalue weighted by Crippen LogP contribution is 2.12. The minimum absolute atomic E-state index is 0.0875. The molecule has 0 unspecified atom stereocenters. The summed E-state index contributed by atoms with van der Waals surface area (Å²) >= 11 is 0. The topological polar surface area (TPSA) is 88.8 Å². The van der Waals surface area contributed by atoms with E-state index in [1.807, 2.05) is 13.8 Å². The Bertz CT molecular complexity index is 460. The number of guanidine groups is 1. The fourth-order valence-corrected chi connectivity index (χ4v) is 1.62. The van der Waals surface area contributed by atoms with Crippen LogP contribution in [-0.4, -0.2) is 37.2 Å². The van der Waals surface area contributed by atoms with Gasteiger partial charge in [0.2, 0.25) is 0 Å². The molecule has 0 spiro atoms. The highest BCUT2D eigenvalue weighted by Gasteiger charge is 2.03. The zero-order valence-electron chi connectivity index (χ0n) is 12.5. The van der Waals surface area contributed by atoms with E-state index in [1.54, 1.807) is 12.1 Å². The van der Waals surface area contributed by atoms with E-state index in [2.05, 4.69) is 15.6 Å². The number of benzene rings is 1. The van der Waals surface area contributed by atoms with E-state index in [0.717, 1.165) is 12.1 Å². The molecule has 0 amide bonds. The van der Waals surface area contributed by atoms with Gasteiger partial charge in [0.05, 0.1) is 18.1 Å². The normalized spacial score (nSPS) is 11.2. The van der Waals surface area contributed by atoms with Crippen LogP contribution in [0.3, 0.4) is 0 Å². The second kappa shape index (κ2) is 9.71. The lowest BCUT2D eigenvalue weighted by Crippen LogP contribution is -2.39. The Morgan fingerprint density at radius 3 is 2.57 bits per heavy atom. The van der Waals surface area contributed by atoms with Crippen LogP contribution in [-0.2, 0) is 11.3 Å². The van der Waals surface area contributed by atoms with Crippen molar-refractivity contribution in [2.24, 2.45) is 4.99 Å². The average Bonchev–Trinajstić information content (AvgIpc) is 2.49. The Labute approximate surface area is 124 Å². The summed E-state index contributed by atoms with van der Waals surface area (Å²) in [6.07, 6.45) is 0. The van der Waals surface area contributed by atoms with E-state index in [1.165, 1.54) is 12.1 Å². The molecule has 2 N–H and O–H groups in total. The molecule has 0 fully saturated rings. The van der Waals surface area contributed by atoms with Gasteiger partial charge in [0.25, 0.3) is 5.69 Å². The predicted molar refractivity (Wildman–Crippen MR) is 82.4 cm³/mol. The predicted octanol–water partition coefficient (Wildman–Crippen LogP) is 1.69. The number of nitro groups is 1. The Kier molecular flexibility index (Phi) is 7.81. The first-order valence-corrected chi connectivity index (χ1v) is 7.00. The Balaban J connectivity index is 2.53. The average molecular weight is 294 g/mol. The van der Waals surface area contributed by atoms with Crippen molar-refractivity contribution in [3.63, 3.8) is 0 Å². The highest BCUT2D eigenvalue weighted by molar-refractivity contribution is 5.79. The van der Waals surface area contributed by atoms with Crippen molar-refractivity contribution in [3.8, 4) is 0 Å². The Morgan fingerprint density at radius 1 is 1.29 bits per heavy atom. The molecular formula is C14H22N4O3. The lowest BCUT2D eigenvalue weighted by atomic mass is 10.2. The van der Waals surface area contributed by atoms with Gasteiger partial charge in [-0.2, -0.15) is 0 Å². The molecule has 0 aliphatic rings. The number of non-ortho nitro benzene ring substituents is 1. The van der Waals surface area contributed by atoms with Crippen LogP contribution in [0.15, 0.2) is 29.3 Å². The van der Waals surface area contributed by atoms with Crippen LogP contribution in [0, 0.1) is 10.1 Å². The molecule has 0 radical (unpaired) electrons. The van der Waals surface area contributed by atoms with Gasteiger partial charge in [0, 0.05) is 31.8 Å². The molecule has 1 aromatic rings. The Hall–Kier alpha value is -2.15. The number of nitro benzene ring substituents is 1. The smallest absolute Gasteiger partial charge is 0.269 e. The molecule has 7 nitrogen and oxygen atoms in total. The lowest BCUT2D eigenvalue weighted by Gasteiger charge is -2.11. The Morgan fingerprint density at radius 2 is 2.00 bits per heavy atom. The summed E-state index contributed by atoms with van der Waals surface area (Å²) in [6.45, 7) is 7.17. The van der Waals surface area contributed by atoms with Crippen LogP contribution in [0.2, 0.25) is 0 Å². The lowest BCUT2D eigenvalue weighted by molar-refractivity contribution is -0.384. The SMILES string of the molecule is CCNC(=NCc1ccc([N+](=O)[O-])cc1)NCCOCC. The third kappa shape index (κ3) is 6.71. The molecule has 0 bridgehead atoms. The van der Waals surface area contributed by atoms with E-state index < -0.39 is 4.92 Å². The van der Waals surface area contributed by atoms with Crippen LogP contribution in [0.4, 0.5) is 5.69 Å². The number of rotatable bonds is 8. The van der Waals surface area contributed by atoms with Gasteiger partial charge in [0.15, 0.2) is 5.96 Å². The monoisotopic (exact) mass is 294 g/mol. The van der Waals surface area contributed by atoms with Crippen molar-refractivity contribution >= 4 is 11.6 Å². The molecular weight excluding hydrogens is 272 g/mol. The largest absolute Gasteiger partial charge is 0.380 e. The number of nitrogens with one attached hydrogen (secondary N) is 2. The first-order chi connectivity index (χ1) is 10.2. The number of aliphatic imine (C=N–C) groups is 1. The third-order valence-corrected chi connectivity index (χ3v) is 2.65. The molecule has 1 aromatic carbocycles. The first-order valence-electron chi connectivity index (χ1n) is 7.00. The molecule has 0 heterocycles. The zero-order chi connectivity index (χ0) is 15.5. The molecule has 0 saturated carbocycles. The van der Waals surface area contributed by atoms with Gasteiger partial charge >= 0.3 is 0 Å². The zero-order valence-corrected chi connectivity index (χ0v) is 12.5. The minimum Gasteiger partial charge on any atom is -0.380 e. The van der Waals surface area contributed by atoms with Gasteiger partial charge in [-0.3, -0.25) is 10.1 Å². The summed E-state index contributed by atoms with van der Waals surface area (Å²) in [4.78, 5) is 14.6. The van der Waals surface area contributed by atoms with Crippen molar-refractivity contribution in [1.82, 2.24) is 10.6 Å². The molecule has 1 rings (SSSR count). The molecule has 116 valence electrons. The van der Waals surface area contributed by atoms with Gasteiger partial charge in [0.1, 0.15) is 0 Å². The van der Waals surface area contributed by atoms with Gasteiger partial charge in [-0.15, -0.1) is 0 Å². The second-order valence-corrected chi connectivity index (χ2v) is 4.24. The standard InChI is InChI=1S/C14H22N4O3/c1-3-15-14(16-9-10-21-4-2)17-11-12-5-7-13(8-6-12)18(19)20/h5-8H,3-4,9-11H2,1-2H3,(H2,15,16,17). The fourth-order valence-electron chi connectivity index (χ4n) is 1.62. The van der Waals surface area contributed by atoms with E-state index in [4.69, 9.17) is 4.74 Å². The van der Waals surface area contributed by atoms with Gasteiger partial charge < -0.3 is 15.4 Å². The summed E-state index contributed by atoms with van der Waals surface area (Å²) in [5.41, 5.74) is 1.01. The van der Waals surface area contributed by atoms with Crippen molar-refractivity contribution in [2.45, 2.75) is 20.4 Å². The maximum atomic E-state index is 10.6. The second-order valence-electron chi connectivity index (χ2n) is 4.24. The van der Waals surface area contributed by atoms with Crippen molar-refractivity contribution in [2.75, 3.05) is 26.3 Å². The maximum Gasteiger partial charge on any atom is 0.269 e. The van der Waals surface area contributed by atoms with Crippen LogP contribution >= 0.6 is 0 Å². The van der Waals surface area contributed by atoms with E-state index >= 15 is 0 Å². The minimum atomic E-state index is -0.410. The van der Waals surface area contributed by atoms with Gasteiger partial charge in [-0.1, -0.05) is 12.1 Å². The molecule has 7 heteroatoms. The van der Waals surface area contributed by atoms with E-state index in [9.17, 15) is 10.1 Å². The molecule has 0 saturated heterocycles. The summed E-state index contributed by atoms with van der Waals surface area (Å²) in [5, 5.41) is 16.9. The van der Waals surface area contributed by atoms with E-state index in [0.29, 0.717) is 32.3 Å². The number of ether oxygens (including phenoxy) is 1. The van der Waals surface area contributed by atoms with Crippen LogP contribution in [0.1, 0.15) is 19.4 Å². The summed E-state index contributed by atoms with van der Waals surface area (Å²) in [6, 6.07) is 6.40. The van der Waals surface area contributed by atoms with Gasteiger partial charge in [-0.25, -0.2) is 4.99 Å². The molecule has 0 aliphatic heterocycles. The maximum absolute atomic E-state index is 10.6. The summed E-state index contributed by atoms with van der Waals surface area (Å²) < 4.78 is 5.25. The third-order valence-electron chi connectivity index (χ3n) is 2.65. The van der Waals surface area contributed by atoms with Crippen LogP contribution in [0.5, 0.6) is 0 Å². The molecule has 0 atom stereocenters. The van der Waals surface area contributed by atoms with Crippen molar-refractivity contribution in [1.29, 1.82) is 0 Å². The number of hydrogen-bond donors (Lipinski definition) is 2. The van der Waals surface area contributed by atoms with Crippen LogP contribution < -0.4 is 10.6 Å². The highest BCUT2D eigenvalue weighted by atomic mass is 16.6. The number of hydrogen-bond acceptors (Lipinski definition) is 4. The first kappa shape index (κ1) is 16.9. The summed E-state index contributed by atoms with van der Waals surface area (Å²) in [5.74, 6) is 0.704.